The quantitative estimate of drug-likeness (QED) is 0.789. The van der Waals surface area contributed by atoms with Crippen molar-refractivity contribution in [3.8, 4) is 5.75 Å². The number of para-hydroxylation sites is 1. The van der Waals surface area contributed by atoms with Crippen molar-refractivity contribution in [2.75, 3.05) is 0 Å². The van der Waals surface area contributed by atoms with Crippen LogP contribution in [0, 0.1) is 6.92 Å². The minimum Gasteiger partial charge on any atom is -0.480 e. The second kappa shape index (κ2) is 7.14. The molecule has 0 aliphatic carbocycles. The minimum atomic E-state index is -0.585. The average Bonchev–Trinajstić information content (AvgIpc) is 2.37. The van der Waals surface area contributed by atoms with Crippen LogP contribution in [0.25, 0.3) is 0 Å². The van der Waals surface area contributed by atoms with E-state index in [1.54, 1.807) is 0 Å². The van der Waals surface area contributed by atoms with E-state index in [4.69, 9.17) is 16.2 Å². The van der Waals surface area contributed by atoms with Crippen LogP contribution in [-0.2, 0) is 11.2 Å². The predicted octanol–water partition coefficient (Wildman–Crippen LogP) is 1.92. The molecule has 0 fully saturated rings. The van der Waals surface area contributed by atoms with Gasteiger partial charge in [0.2, 0.25) is 0 Å². The summed E-state index contributed by atoms with van der Waals surface area (Å²) in [6.07, 6.45) is 1.61. The van der Waals surface area contributed by atoms with Gasteiger partial charge in [-0.2, -0.15) is 0 Å². The Kier molecular flexibility index (Phi) is 5.83. The standard InChI is InChI=1S/C15H24N2O2/c1-4-12(16)9-11-8-6-7-10(3)14(11)19-13(5-2)15(17)18/h6-8,12-13H,4-5,9,16H2,1-3H3,(H2,17,18). The zero-order valence-electron chi connectivity index (χ0n) is 12.0. The van der Waals surface area contributed by atoms with Crippen LogP contribution in [0.4, 0.5) is 0 Å². The lowest BCUT2D eigenvalue weighted by Crippen LogP contribution is -2.33. The molecule has 4 heteroatoms. The summed E-state index contributed by atoms with van der Waals surface area (Å²) in [4.78, 5) is 11.3. The Balaban J connectivity index is 3.00. The van der Waals surface area contributed by atoms with Crippen LogP contribution in [0.15, 0.2) is 18.2 Å². The lowest BCUT2D eigenvalue weighted by Gasteiger charge is -2.20. The molecule has 4 nitrogen and oxygen atoms in total. The molecule has 1 amide bonds. The third-order valence-electron chi connectivity index (χ3n) is 3.25. The van der Waals surface area contributed by atoms with Crippen LogP contribution in [0.3, 0.4) is 0 Å². The monoisotopic (exact) mass is 264 g/mol. The number of benzene rings is 1. The van der Waals surface area contributed by atoms with Crippen LogP contribution >= 0.6 is 0 Å². The summed E-state index contributed by atoms with van der Waals surface area (Å²) in [7, 11) is 0. The summed E-state index contributed by atoms with van der Waals surface area (Å²) in [5, 5.41) is 0. The number of rotatable bonds is 7. The van der Waals surface area contributed by atoms with E-state index in [0.717, 1.165) is 29.7 Å². The van der Waals surface area contributed by atoms with Gasteiger partial charge in [0.1, 0.15) is 5.75 Å². The second-order valence-corrected chi connectivity index (χ2v) is 4.85. The lowest BCUT2D eigenvalue weighted by atomic mass is 10.0. The van der Waals surface area contributed by atoms with E-state index >= 15 is 0 Å². The summed E-state index contributed by atoms with van der Waals surface area (Å²) >= 11 is 0. The first-order chi connectivity index (χ1) is 8.99. The second-order valence-electron chi connectivity index (χ2n) is 4.85. The van der Waals surface area contributed by atoms with Crippen LogP contribution in [0.1, 0.15) is 37.8 Å². The number of nitrogens with two attached hydrogens (primary N) is 2. The number of carbonyl (C=O) groups excluding carboxylic acids is 1. The summed E-state index contributed by atoms with van der Waals surface area (Å²) < 4.78 is 5.80. The normalized spacial score (nSPS) is 13.9. The number of hydrogen-bond donors (Lipinski definition) is 2. The van der Waals surface area contributed by atoms with Gasteiger partial charge in [-0.1, -0.05) is 32.0 Å². The summed E-state index contributed by atoms with van der Waals surface area (Å²) in [6.45, 7) is 5.90. The van der Waals surface area contributed by atoms with E-state index in [-0.39, 0.29) is 6.04 Å². The molecule has 0 bridgehead atoms. The topological polar surface area (TPSA) is 78.3 Å². The molecule has 1 rings (SSSR count). The molecule has 2 atom stereocenters. The Morgan fingerprint density at radius 3 is 2.53 bits per heavy atom. The fourth-order valence-electron chi connectivity index (χ4n) is 1.95. The lowest BCUT2D eigenvalue weighted by molar-refractivity contribution is -0.124. The van der Waals surface area contributed by atoms with Crippen molar-refractivity contribution >= 4 is 5.91 Å². The molecule has 0 aliphatic heterocycles. The maximum Gasteiger partial charge on any atom is 0.258 e. The van der Waals surface area contributed by atoms with Gasteiger partial charge in [-0.05, 0) is 37.3 Å². The van der Waals surface area contributed by atoms with Gasteiger partial charge in [-0.25, -0.2) is 0 Å². The molecule has 1 aromatic carbocycles. The number of amides is 1. The first-order valence-corrected chi connectivity index (χ1v) is 6.79. The molecular formula is C15H24N2O2. The van der Waals surface area contributed by atoms with Crippen molar-refractivity contribution in [2.45, 2.75) is 52.2 Å². The zero-order chi connectivity index (χ0) is 14.4. The van der Waals surface area contributed by atoms with Crippen molar-refractivity contribution in [2.24, 2.45) is 11.5 Å². The highest BCUT2D eigenvalue weighted by atomic mass is 16.5. The van der Waals surface area contributed by atoms with Gasteiger partial charge in [0.25, 0.3) is 5.91 Å². The molecule has 4 N–H and O–H groups in total. The van der Waals surface area contributed by atoms with Crippen molar-refractivity contribution in [3.63, 3.8) is 0 Å². The van der Waals surface area contributed by atoms with E-state index in [2.05, 4.69) is 6.92 Å². The summed E-state index contributed by atoms with van der Waals surface area (Å²) in [5.41, 5.74) is 13.4. The fraction of sp³-hybridized carbons (Fsp3) is 0.533. The fourth-order valence-corrected chi connectivity index (χ4v) is 1.95. The largest absolute Gasteiger partial charge is 0.480 e. The molecule has 0 saturated carbocycles. The van der Waals surface area contributed by atoms with Crippen LogP contribution in [0.2, 0.25) is 0 Å². The van der Waals surface area contributed by atoms with Gasteiger partial charge in [0.15, 0.2) is 6.10 Å². The van der Waals surface area contributed by atoms with Crippen molar-refractivity contribution in [1.82, 2.24) is 0 Å². The molecule has 106 valence electrons. The number of primary amides is 1. The predicted molar refractivity (Wildman–Crippen MR) is 77.1 cm³/mol. The molecule has 1 aromatic rings. The van der Waals surface area contributed by atoms with E-state index < -0.39 is 12.0 Å². The van der Waals surface area contributed by atoms with Crippen molar-refractivity contribution in [1.29, 1.82) is 0 Å². The van der Waals surface area contributed by atoms with E-state index in [0.29, 0.717) is 6.42 Å². The van der Waals surface area contributed by atoms with Gasteiger partial charge >= 0.3 is 0 Å². The highest BCUT2D eigenvalue weighted by Crippen LogP contribution is 2.26. The Morgan fingerprint density at radius 1 is 1.32 bits per heavy atom. The Hall–Kier alpha value is -1.55. The van der Waals surface area contributed by atoms with E-state index in [1.807, 2.05) is 32.0 Å². The third-order valence-corrected chi connectivity index (χ3v) is 3.25. The maximum atomic E-state index is 11.3. The molecule has 19 heavy (non-hydrogen) atoms. The number of carbonyl (C=O) groups is 1. The van der Waals surface area contributed by atoms with Crippen molar-refractivity contribution < 1.29 is 9.53 Å². The summed E-state index contributed by atoms with van der Waals surface area (Å²) in [6, 6.07) is 6.03. The SMILES string of the molecule is CCC(N)Cc1cccc(C)c1OC(CC)C(N)=O. The highest BCUT2D eigenvalue weighted by molar-refractivity contribution is 5.79. The molecule has 0 aliphatic rings. The number of aryl methyl sites for hydroxylation is 1. The van der Waals surface area contributed by atoms with Gasteiger partial charge in [0.05, 0.1) is 0 Å². The Morgan fingerprint density at radius 2 is 2.00 bits per heavy atom. The van der Waals surface area contributed by atoms with Crippen molar-refractivity contribution in [3.05, 3.63) is 29.3 Å². The molecule has 0 heterocycles. The molecule has 2 unspecified atom stereocenters. The molecule has 0 aromatic heterocycles. The minimum absolute atomic E-state index is 0.0952. The Labute approximate surface area is 115 Å². The maximum absolute atomic E-state index is 11.3. The number of ether oxygens (including phenoxy) is 1. The molecule has 0 spiro atoms. The van der Waals surface area contributed by atoms with E-state index in [9.17, 15) is 4.79 Å². The first-order valence-electron chi connectivity index (χ1n) is 6.79. The first kappa shape index (κ1) is 15.5. The Bertz CT molecular complexity index is 432. The third kappa shape index (κ3) is 4.24. The zero-order valence-corrected chi connectivity index (χ0v) is 12.0. The molecular weight excluding hydrogens is 240 g/mol. The van der Waals surface area contributed by atoms with Crippen LogP contribution < -0.4 is 16.2 Å². The van der Waals surface area contributed by atoms with Gasteiger partial charge in [-0.15, -0.1) is 0 Å². The van der Waals surface area contributed by atoms with Crippen LogP contribution in [0.5, 0.6) is 5.75 Å². The van der Waals surface area contributed by atoms with Crippen LogP contribution in [-0.4, -0.2) is 18.1 Å². The van der Waals surface area contributed by atoms with Gasteiger partial charge < -0.3 is 16.2 Å². The molecule has 0 saturated heterocycles. The van der Waals surface area contributed by atoms with Gasteiger partial charge in [-0.3, -0.25) is 4.79 Å². The average molecular weight is 264 g/mol. The van der Waals surface area contributed by atoms with Gasteiger partial charge in [0, 0.05) is 6.04 Å². The number of hydrogen-bond acceptors (Lipinski definition) is 3. The summed E-state index contributed by atoms with van der Waals surface area (Å²) in [5.74, 6) is 0.313. The highest BCUT2D eigenvalue weighted by Gasteiger charge is 2.18. The molecule has 0 radical (unpaired) electrons. The smallest absolute Gasteiger partial charge is 0.258 e. The van der Waals surface area contributed by atoms with E-state index in [1.165, 1.54) is 0 Å².